The summed E-state index contributed by atoms with van der Waals surface area (Å²) in [6.45, 7) is 0.463. The van der Waals surface area contributed by atoms with Gasteiger partial charge in [-0.1, -0.05) is 29.3 Å². The van der Waals surface area contributed by atoms with Crippen LogP contribution in [0.25, 0.3) is 16.9 Å². The van der Waals surface area contributed by atoms with Crippen molar-refractivity contribution in [3.05, 3.63) is 76.2 Å². The summed E-state index contributed by atoms with van der Waals surface area (Å²) >= 11 is 12.2. The fourth-order valence-corrected chi connectivity index (χ4v) is 3.18. The number of anilines is 1. The van der Waals surface area contributed by atoms with Gasteiger partial charge in [0.15, 0.2) is 5.65 Å². The first-order valence-corrected chi connectivity index (χ1v) is 8.99. The summed E-state index contributed by atoms with van der Waals surface area (Å²) in [6.07, 6.45) is 3.14. The van der Waals surface area contributed by atoms with Crippen molar-refractivity contribution in [2.75, 3.05) is 5.32 Å². The fourth-order valence-electron chi connectivity index (χ4n) is 2.71. The average Bonchev–Trinajstić information content (AvgIpc) is 3.16. The van der Waals surface area contributed by atoms with E-state index in [1.807, 2.05) is 12.1 Å². The number of nitrogens with zero attached hydrogens (tertiary/aromatic N) is 4. The highest BCUT2D eigenvalue weighted by molar-refractivity contribution is 6.35. The number of rotatable bonds is 5. The van der Waals surface area contributed by atoms with Gasteiger partial charge < -0.3 is 10.4 Å². The predicted molar refractivity (Wildman–Crippen MR) is 107 cm³/mol. The molecule has 0 spiro atoms. The van der Waals surface area contributed by atoms with Crippen molar-refractivity contribution in [2.24, 2.45) is 0 Å². The normalized spacial score (nSPS) is 10.9. The quantitative estimate of drug-likeness (QED) is 0.503. The van der Waals surface area contributed by atoms with Crippen LogP contribution in [0.2, 0.25) is 10.0 Å². The minimum atomic E-state index is -1.08. The molecule has 0 bridgehead atoms. The lowest BCUT2D eigenvalue weighted by Crippen LogP contribution is -2.07. The third-order valence-electron chi connectivity index (χ3n) is 4.11. The Hall–Kier alpha value is -3.16. The Labute approximate surface area is 169 Å². The van der Waals surface area contributed by atoms with Crippen LogP contribution >= 0.6 is 23.2 Å². The van der Waals surface area contributed by atoms with Crippen LogP contribution in [-0.4, -0.2) is 30.7 Å². The summed E-state index contributed by atoms with van der Waals surface area (Å²) in [5, 5.41) is 17.7. The summed E-state index contributed by atoms with van der Waals surface area (Å²) in [5.41, 5.74) is 2.84. The van der Waals surface area contributed by atoms with E-state index in [2.05, 4.69) is 20.4 Å². The lowest BCUT2D eigenvalue weighted by atomic mass is 10.2. The van der Waals surface area contributed by atoms with Crippen molar-refractivity contribution < 1.29 is 9.90 Å². The van der Waals surface area contributed by atoms with Gasteiger partial charge in [0.25, 0.3) is 0 Å². The number of carboxylic acid groups (broad SMARTS) is 1. The van der Waals surface area contributed by atoms with Gasteiger partial charge in [0.1, 0.15) is 11.5 Å². The highest BCUT2D eigenvalue weighted by atomic mass is 35.5. The predicted octanol–water partition coefficient (Wildman–Crippen LogP) is 4.41. The number of aromatic carboxylic acids is 1. The van der Waals surface area contributed by atoms with Gasteiger partial charge in [0.2, 0.25) is 0 Å². The van der Waals surface area contributed by atoms with E-state index in [-0.39, 0.29) is 5.69 Å². The number of benzene rings is 1. The molecule has 4 aromatic rings. The third kappa shape index (κ3) is 3.62. The summed E-state index contributed by atoms with van der Waals surface area (Å²) in [7, 11) is 0. The Balaban J connectivity index is 1.68. The zero-order valence-corrected chi connectivity index (χ0v) is 15.8. The van der Waals surface area contributed by atoms with Crippen LogP contribution in [0.1, 0.15) is 16.1 Å². The maximum absolute atomic E-state index is 11.0. The van der Waals surface area contributed by atoms with Crippen LogP contribution in [0.4, 0.5) is 5.82 Å². The zero-order valence-electron chi connectivity index (χ0n) is 14.3. The van der Waals surface area contributed by atoms with Crippen LogP contribution < -0.4 is 5.32 Å². The zero-order chi connectivity index (χ0) is 19.7. The van der Waals surface area contributed by atoms with Crippen LogP contribution in [0.5, 0.6) is 0 Å². The van der Waals surface area contributed by atoms with Gasteiger partial charge in [-0.3, -0.25) is 0 Å². The first-order valence-electron chi connectivity index (χ1n) is 8.23. The number of pyridine rings is 1. The SMILES string of the molecule is O=C(O)c1ccc(-c2cc(NCc3ccc(Cl)cc3Cl)n3nccc3n2)cn1. The molecule has 7 nitrogen and oxygen atoms in total. The molecule has 0 unspecified atom stereocenters. The highest BCUT2D eigenvalue weighted by Gasteiger charge is 2.11. The molecule has 0 aliphatic rings. The average molecular weight is 414 g/mol. The van der Waals surface area contributed by atoms with Gasteiger partial charge in [-0.25, -0.2) is 14.8 Å². The first-order chi connectivity index (χ1) is 13.5. The molecule has 140 valence electrons. The van der Waals surface area contributed by atoms with E-state index in [0.29, 0.717) is 39.3 Å². The Morgan fingerprint density at radius 3 is 2.71 bits per heavy atom. The van der Waals surface area contributed by atoms with E-state index in [1.54, 1.807) is 35.0 Å². The van der Waals surface area contributed by atoms with Crippen molar-refractivity contribution in [1.29, 1.82) is 0 Å². The smallest absolute Gasteiger partial charge is 0.354 e. The molecule has 2 N–H and O–H groups in total. The minimum absolute atomic E-state index is 0.0232. The number of fused-ring (bicyclic) bond motifs is 1. The lowest BCUT2D eigenvalue weighted by Gasteiger charge is -2.12. The van der Waals surface area contributed by atoms with E-state index in [0.717, 1.165) is 5.56 Å². The summed E-state index contributed by atoms with van der Waals surface area (Å²) in [6, 6.07) is 12.0. The topological polar surface area (TPSA) is 92.4 Å². The minimum Gasteiger partial charge on any atom is -0.477 e. The second-order valence-corrected chi connectivity index (χ2v) is 6.80. The van der Waals surface area contributed by atoms with E-state index in [9.17, 15) is 4.79 Å². The van der Waals surface area contributed by atoms with Gasteiger partial charge in [-0.05, 0) is 29.8 Å². The molecular formula is C19H13Cl2N5O2. The molecule has 0 radical (unpaired) electrons. The van der Waals surface area contributed by atoms with Gasteiger partial charge >= 0.3 is 5.97 Å². The van der Waals surface area contributed by atoms with Crippen molar-refractivity contribution in [3.63, 3.8) is 0 Å². The number of hydrogen-bond donors (Lipinski definition) is 2. The Morgan fingerprint density at radius 2 is 2.00 bits per heavy atom. The molecule has 0 aliphatic carbocycles. The molecule has 0 saturated heterocycles. The molecular weight excluding hydrogens is 401 g/mol. The maximum atomic E-state index is 11.0. The van der Waals surface area contributed by atoms with Crippen molar-refractivity contribution >= 4 is 40.6 Å². The molecule has 4 rings (SSSR count). The fraction of sp³-hybridized carbons (Fsp3) is 0.0526. The molecule has 0 fully saturated rings. The van der Waals surface area contributed by atoms with Crippen LogP contribution in [0.3, 0.4) is 0 Å². The standard InChI is InChI=1S/C19H13Cl2N5O2/c20-13-3-1-11(14(21)7-13)9-23-18-8-16(25-17-5-6-24-26(17)18)12-2-4-15(19(27)28)22-10-12/h1-8,10,23H,9H2,(H,27,28). The molecule has 0 saturated carbocycles. The van der Waals surface area contributed by atoms with Crippen LogP contribution in [0.15, 0.2) is 54.9 Å². The van der Waals surface area contributed by atoms with Crippen molar-refractivity contribution in [2.45, 2.75) is 6.54 Å². The molecule has 0 amide bonds. The van der Waals surface area contributed by atoms with Crippen LogP contribution in [0, 0.1) is 0 Å². The Morgan fingerprint density at radius 1 is 1.14 bits per heavy atom. The largest absolute Gasteiger partial charge is 0.477 e. The Kier molecular flexibility index (Phi) is 4.85. The van der Waals surface area contributed by atoms with Crippen molar-refractivity contribution in [1.82, 2.24) is 19.6 Å². The molecule has 9 heteroatoms. The van der Waals surface area contributed by atoms with E-state index >= 15 is 0 Å². The van der Waals surface area contributed by atoms with E-state index in [1.165, 1.54) is 12.3 Å². The molecule has 0 aliphatic heterocycles. The number of carboxylic acids is 1. The van der Waals surface area contributed by atoms with Crippen LogP contribution in [-0.2, 0) is 6.54 Å². The summed E-state index contributed by atoms with van der Waals surface area (Å²) < 4.78 is 1.67. The number of nitrogens with one attached hydrogen (secondary N) is 1. The van der Waals surface area contributed by atoms with E-state index < -0.39 is 5.97 Å². The van der Waals surface area contributed by atoms with Gasteiger partial charge in [-0.2, -0.15) is 9.61 Å². The Bertz CT molecular complexity index is 1170. The monoisotopic (exact) mass is 413 g/mol. The number of carbonyl (C=O) groups is 1. The third-order valence-corrected chi connectivity index (χ3v) is 4.70. The van der Waals surface area contributed by atoms with Gasteiger partial charge in [0.05, 0.1) is 11.9 Å². The molecule has 28 heavy (non-hydrogen) atoms. The second kappa shape index (κ2) is 7.46. The molecule has 3 heterocycles. The van der Waals surface area contributed by atoms with Gasteiger partial charge in [0, 0.05) is 40.5 Å². The maximum Gasteiger partial charge on any atom is 0.354 e. The number of halogens is 2. The molecule has 3 aromatic heterocycles. The lowest BCUT2D eigenvalue weighted by molar-refractivity contribution is 0.0690. The molecule has 1 aromatic carbocycles. The highest BCUT2D eigenvalue weighted by Crippen LogP contribution is 2.24. The first kappa shape index (κ1) is 18.2. The van der Waals surface area contributed by atoms with E-state index in [4.69, 9.17) is 28.3 Å². The summed E-state index contributed by atoms with van der Waals surface area (Å²) in [5.74, 6) is -0.369. The van der Waals surface area contributed by atoms with Gasteiger partial charge in [-0.15, -0.1) is 0 Å². The summed E-state index contributed by atoms with van der Waals surface area (Å²) in [4.78, 5) is 19.5. The number of hydrogen-bond acceptors (Lipinski definition) is 5. The van der Waals surface area contributed by atoms with Crippen molar-refractivity contribution in [3.8, 4) is 11.3 Å². The molecule has 0 atom stereocenters. The number of aromatic nitrogens is 4. The second-order valence-electron chi connectivity index (χ2n) is 5.95.